The lowest BCUT2D eigenvalue weighted by Gasteiger charge is -2.07. The second kappa shape index (κ2) is 3.30. The Balaban J connectivity index is 2.47. The van der Waals surface area contributed by atoms with Crippen molar-refractivity contribution < 1.29 is 9.18 Å². The number of nitriles is 1. The van der Waals surface area contributed by atoms with Gasteiger partial charge in [0.15, 0.2) is 0 Å². The smallest absolute Gasteiger partial charge is 0.211 e. The van der Waals surface area contributed by atoms with Crippen molar-refractivity contribution in [2.24, 2.45) is 4.99 Å². The van der Waals surface area contributed by atoms with Crippen LogP contribution in [0.3, 0.4) is 0 Å². The number of halogens is 1. The Morgan fingerprint density at radius 2 is 2.20 bits per heavy atom. The second-order valence-corrected chi connectivity index (χ2v) is 3.54. The van der Waals surface area contributed by atoms with E-state index in [0.29, 0.717) is 5.56 Å². The van der Waals surface area contributed by atoms with Crippen molar-refractivity contribution in [3.63, 3.8) is 0 Å². The van der Waals surface area contributed by atoms with Crippen LogP contribution in [-0.2, 0) is 10.3 Å². The van der Waals surface area contributed by atoms with Crippen LogP contribution in [-0.4, -0.2) is 6.08 Å². The van der Waals surface area contributed by atoms with Gasteiger partial charge < -0.3 is 0 Å². The molecule has 0 aliphatic heterocycles. The Hall–Kier alpha value is -1.98. The highest BCUT2D eigenvalue weighted by Crippen LogP contribution is 2.49. The zero-order valence-electron chi connectivity index (χ0n) is 7.83. The quantitative estimate of drug-likeness (QED) is 0.544. The van der Waals surface area contributed by atoms with Crippen LogP contribution < -0.4 is 0 Å². The summed E-state index contributed by atoms with van der Waals surface area (Å²) in [5.41, 5.74) is 0.157. The minimum absolute atomic E-state index is 0.0140. The van der Waals surface area contributed by atoms with Crippen molar-refractivity contribution in [2.75, 3.05) is 0 Å². The van der Waals surface area contributed by atoms with E-state index >= 15 is 0 Å². The third-order valence-electron chi connectivity index (χ3n) is 2.61. The summed E-state index contributed by atoms with van der Waals surface area (Å²) in [5, 5.41) is 8.66. The predicted octanol–water partition coefficient (Wildman–Crippen LogP) is 2.02. The number of rotatable bonds is 2. The molecule has 15 heavy (non-hydrogen) atoms. The third kappa shape index (κ3) is 1.54. The monoisotopic (exact) mass is 202 g/mol. The zero-order valence-corrected chi connectivity index (χ0v) is 7.83. The first-order valence-electron chi connectivity index (χ1n) is 4.51. The average Bonchev–Trinajstić information content (AvgIpc) is 3.00. The molecular formula is C11H7FN2O. The SMILES string of the molecule is N#Cc1cc(C2(N=C=O)CC2)ccc1F. The van der Waals surface area contributed by atoms with Gasteiger partial charge in [-0.1, -0.05) is 6.07 Å². The number of hydrogen-bond acceptors (Lipinski definition) is 3. The molecule has 0 saturated heterocycles. The minimum atomic E-state index is -0.549. The van der Waals surface area contributed by atoms with Crippen LogP contribution in [0.25, 0.3) is 0 Å². The molecule has 0 radical (unpaired) electrons. The molecule has 4 heteroatoms. The van der Waals surface area contributed by atoms with E-state index in [4.69, 9.17) is 5.26 Å². The van der Waals surface area contributed by atoms with E-state index in [9.17, 15) is 9.18 Å². The normalized spacial score (nSPS) is 16.3. The maximum atomic E-state index is 13.0. The minimum Gasteiger partial charge on any atom is -0.211 e. The molecule has 1 fully saturated rings. The van der Waals surface area contributed by atoms with Gasteiger partial charge in [-0.2, -0.15) is 10.3 Å². The van der Waals surface area contributed by atoms with Crippen LogP contribution in [0.2, 0.25) is 0 Å². The first-order valence-corrected chi connectivity index (χ1v) is 4.51. The molecule has 0 atom stereocenters. The first-order chi connectivity index (χ1) is 7.22. The Morgan fingerprint density at radius 1 is 1.47 bits per heavy atom. The second-order valence-electron chi connectivity index (χ2n) is 3.54. The van der Waals surface area contributed by atoms with E-state index in [0.717, 1.165) is 12.8 Å². The van der Waals surface area contributed by atoms with Crippen molar-refractivity contribution in [1.29, 1.82) is 5.26 Å². The molecule has 1 aliphatic rings. The van der Waals surface area contributed by atoms with Crippen LogP contribution >= 0.6 is 0 Å². The van der Waals surface area contributed by atoms with Crippen molar-refractivity contribution in [3.05, 3.63) is 35.1 Å². The van der Waals surface area contributed by atoms with E-state index in [2.05, 4.69) is 4.99 Å². The molecule has 0 amide bonds. The summed E-state index contributed by atoms with van der Waals surface area (Å²) < 4.78 is 13.0. The van der Waals surface area contributed by atoms with Crippen LogP contribution in [0, 0.1) is 17.1 Å². The van der Waals surface area contributed by atoms with Gasteiger partial charge in [-0.05, 0) is 30.5 Å². The van der Waals surface area contributed by atoms with E-state index in [1.54, 1.807) is 12.1 Å². The molecule has 0 heterocycles. The van der Waals surface area contributed by atoms with Crippen LogP contribution in [0.1, 0.15) is 24.0 Å². The summed E-state index contributed by atoms with van der Waals surface area (Å²) in [6.45, 7) is 0. The summed E-state index contributed by atoms with van der Waals surface area (Å²) in [7, 11) is 0. The Kier molecular flexibility index (Phi) is 2.11. The molecule has 2 rings (SSSR count). The topological polar surface area (TPSA) is 53.2 Å². The molecular weight excluding hydrogens is 195 g/mol. The van der Waals surface area contributed by atoms with Gasteiger partial charge in [-0.15, -0.1) is 0 Å². The predicted molar refractivity (Wildman–Crippen MR) is 50.1 cm³/mol. The zero-order chi connectivity index (χ0) is 10.9. The highest BCUT2D eigenvalue weighted by molar-refractivity contribution is 5.44. The first kappa shape index (κ1) is 9.57. The molecule has 0 N–H and O–H groups in total. The number of isocyanates is 1. The molecule has 1 aromatic rings. The maximum Gasteiger partial charge on any atom is 0.235 e. The van der Waals surface area contributed by atoms with Gasteiger partial charge in [0, 0.05) is 0 Å². The number of nitrogens with zero attached hydrogens (tertiary/aromatic N) is 2. The molecule has 0 aromatic heterocycles. The van der Waals surface area contributed by atoms with Crippen molar-refractivity contribution >= 4 is 6.08 Å². The Morgan fingerprint density at radius 3 is 2.73 bits per heavy atom. The molecule has 0 unspecified atom stereocenters. The van der Waals surface area contributed by atoms with E-state index < -0.39 is 11.4 Å². The standard InChI is InChI=1S/C11H7FN2O/c12-10-2-1-9(5-8(10)6-13)11(3-4-11)14-7-15/h1-2,5H,3-4H2. The summed E-state index contributed by atoms with van der Waals surface area (Å²) in [6, 6.07) is 6.00. The largest absolute Gasteiger partial charge is 0.235 e. The summed E-state index contributed by atoms with van der Waals surface area (Å²) in [4.78, 5) is 13.9. The fourth-order valence-electron chi connectivity index (χ4n) is 1.57. The van der Waals surface area contributed by atoms with Crippen molar-refractivity contribution in [2.45, 2.75) is 18.4 Å². The summed E-state index contributed by atoms with van der Waals surface area (Å²) >= 11 is 0. The Labute approximate surface area is 85.9 Å². The fraction of sp³-hybridized carbons (Fsp3) is 0.273. The van der Waals surface area contributed by atoms with Crippen LogP contribution in [0.5, 0.6) is 0 Å². The van der Waals surface area contributed by atoms with Crippen LogP contribution in [0.15, 0.2) is 23.2 Å². The molecule has 0 spiro atoms. The average molecular weight is 202 g/mol. The molecule has 74 valence electrons. The van der Waals surface area contributed by atoms with Crippen LogP contribution in [0.4, 0.5) is 4.39 Å². The molecule has 1 aromatic carbocycles. The van der Waals surface area contributed by atoms with Gasteiger partial charge in [0.05, 0.1) is 11.1 Å². The van der Waals surface area contributed by atoms with E-state index in [-0.39, 0.29) is 5.56 Å². The van der Waals surface area contributed by atoms with Gasteiger partial charge in [0.1, 0.15) is 11.9 Å². The third-order valence-corrected chi connectivity index (χ3v) is 2.61. The molecule has 0 bridgehead atoms. The maximum absolute atomic E-state index is 13.0. The number of aliphatic imine (C=N–C) groups is 1. The number of hydrogen-bond donors (Lipinski definition) is 0. The lowest BCUT2D eigenvalue weighted by molar-refractivity contribution is 0.556. The lowest BCUT2D eigenvalue weighted by Crippen LogP contribution is -2.03. The van der Waals surface area contributed by atoms with Crippen molar-refractivity contribution in [1.82, 2.24) is 0 Å². The summed E-state index contributed by atoms with van der Waals surface area (Å²) in [5.74, 6) is -0.549. The van der Waals surface area contributed by atoms with Gasteiger partial charge in [-0.3, -0.25) is 0 Å². The lowest BCUT2D eigenvalue weighted by atomic mass is 10.0. The van der Waals surface area contributed by atoms with E-state index in [1.165, 1.54) is 18.2 Å². The van der Waals surface area contributed by atoms with Crippen molar-refractivity contribution in [3.8, 4) is 6.07 Å². The Bertz CT molecular complexity index is 494. The molecule has 1 saturated carbocycles. The van der Waals surface area contributed by atoms with Gasteiger partial charge >= 0.3 is 0 Å². The molecule has 1 aliphatic carbocycles. The number of benzene rings is 1. The summed E-state index contributed by atoms with van der Waals surface area (Å²) in [6.07, 6.45) is 3.02. The highest BCUT2D eigenvalue weighted by Gasteiger charge is 2.45. The van der Waals surface area contributed by atoms with Gasteiger partial charge in [0.25, 0.3) is 0 Å². The van der Waals surface area contributed by atoms with E-state index in [1.807, 2.05) is 0 Å². The number of carbonyl (C=O) groups excluding carboxylic acids is 1. The highest BCUT2D eigenvalue weighted by atomic mass is 19.1. The van der Waals surface area contributed by atoms with Gasteiger partial charge in [-0.25, -0.2) is 9.18 Å². The fourth-order valence-corrected chi connectivity index (χ4v) is 1.57. The molecule has 3 nitrogen and oxygen atoms in total. The van der Waals surface area contributed by atoms with Gasteiger partial charge in [0.2, 0.25) is 6.08 Å².